The van der Waals surface area contributed by atoms with E-state index in [2.05, 4.69) is 18.2 Å². The lowest BCUT2D eigenvalue weighted by atomic mass is 9.98. The van der Waals surface area contributed by atoms with Gasteiger partial charge in [0.1, 0.15) is 0 Å². The number of para-hydroxylation sites is 1. The van der Waals surface area contributed by atoms with Gasteiger partial charge >= 0.3 is 0 Å². The van der Waals surface area contributed by atoms with Crippen LogP contribution in [0.1, 0.15) is 0 Å². The van der Waals surface area contributed by atoms with Crippen LogP contribution in [0, 0.1) is 0 Å². The van der Waals surface area contributed by atoms with Gasteiger partial charge in [0.15, 0.2) is 0 Å². The normalized spacial score (nSPS) is 11.1. The molecule has 0 radical (unpaired) electrons. The number of nitrogens with zero attached hydrogens (tertiary/aromatic N) is 1. The molecule has 3 aromatic carbocycles. The molecule has 0 aliphatic carbocycles. The van der Waals surface area contributed by atoms with Crippen molar-refractivity contribution >= 4 is 33.3 Å². The highest BCUT2D eigenvalue weighted by atomic mass is 35.5. The number of pyridine rings is 1. The van der Waals surface area contributed by atoms with Gasteiger partial charge in [-0.25, -0.2) is 18.5 Å². The third-order valence-corrected chi connectivity index (χ3v) is 5.21. The van der Waals surface area contributed by atoms with E-state index in [9.17, 15) is 8.42 Å². The maximum Gasteiger partial charge on any atom is 0.238 e. The Bertz CT molecular complexity index is 1190. The predicted octanol–water partition coefficient (Wildman–Crippen LogP) is 4.64. The van der Waals surface area contributed by atoms with Crippen molar-refractivity contribution in [2.45, 2.75) is 4.90 Å². The number of aromatic nitrogens is 1. The van der Waals surface area contributed by atoms with Crippen molar-refractivity contribution in [3.8, 4) is 22.4 Å². The molecule has 0 amide bonds. The van der Waals surface area contributed by atoms with Crippen molar-refractivity contribution in [2.24, 2.45) is 5.14 Å². The number of rotatable bonds is 3. The Balaban J connectivity index is 0.00000210. The predicted molar refractivity (Wildman–Crippen MR) is 111 cm³/mol. The number of benzene rings is 3. The van der Waals surface area contributed by atoms with Crippen LogP contribution in [0.5, 0.6) is 0 Å². The van der Waals surface area contributed by atoms with Crippen LogP contribution in [0.2, 0.25) is 0 Å². The summed E-state index contributed by atoms with van der Waals surface area (Å²) < 4.78 is 22.9. The molecule has 0 bridgehead atoms. The van der Waals surface area contributed by atoms with Gasteiger partial charge in [0.2, 0.25) is 10.0 Å². The highest BCUT2D eigenvalue weighted by Gasteiger charge is 2.11. The zero-order valence-corrected chi connectivity index (χ0v) is 15.9. The van der Waals surface area contributed by atoms with Gasteiger partial charge in [-0.3, -0.25) is 0 Å². The summed E-state index contributed by atoms with van der Waals surface area (Å²) in [5.41, 5.74) is 4.69. The average Bonchev–Trinajstić information content (AvgIpc) is 2.67. The smallest absolute Gasteiger partial charge is 0.238 e. The van der Waals surface area contributed by atoms with Gasteiger partial charge in [-0.2, -0.15) is 0 Å². The fraction of sp³-hybridized carbons (Fsp3) is 0. The molecule has 4 nitrogen and oxygen atoms in total. The maximum absolute atomic E-state index is 11.5. The zero-order valence-electron chi connectivity index (χ0n) is 14.2. The monoisotopic (exact) mass is 396 g/mol. The number of hydrogen-bond donors (Lipinski definition) is 1. The number of sulfonamides is 1. The highest BCUT2D eigenvalue weighted by Crippen LogP contribution is 2.32. The largest absolute Gasteiger partial charge is 0.248 e. The van der Waals surface area contributed by atoms with Crippen LogP contribution < -0.4 is 5.14 Å². The van der Waals surface area contributed by atoms with Gasteiger partial charge in [-0.15, -0.1) is 12.4 Å². The van der Waals surface area contributed by atoms with Crippen molar-refractivity contribution in [2.75, 3.05) is 0 Å². The van der Waals surface area contributed by atoms with Crippen LogP contribution in [0.4, 0.5) is 0 Å². The lowest BCUT2D eigenvalue weighted by molar-refractivity contribution is 0.598. The molecule has 4 rings (SSSR count). The van der Waals surface area contributed by atoms with Crippen LogP contribution in [0.3, 0.4) is 0 Å². The second-order valence-corrected chi connectivity index (χ2v) is 7.57. The molecular formula is C21H17ClN2O2S. The van der Waals surface area contributed by atoms with Crippen molar-refractivity contribution in [1.29, 1.82) is 0 Å². The van der Waals surface area contributed by atoms with E-state index in [-0.39, 0.29) is 17.3 Å². The fourth-order valence-electron chi connectivity index (χ4n) is 3.00. The van der Waals surface area contributed by atoms with Gasteiger partial charge in [0, 0.05) is 10.9 Å². The molecule has 0 saturated heterocycles. The molecule has 0 saturated carbocycles. The summed E-state index contributed by atoms with van der Waals surface area (Å²) in [6.07, 6.45) is 0. The minimum Gasteiger partial charge on any atom is -0.248 e. The summed E-state index contributed by atoms with van der Waals surface area (Å²) in [6, 6.07) is 26.6. The summed E-state index contributed by atoms with van der Waals surface area (Å²) >= 11 is 0. The van der Waals surface area contributed by atoms with E-state index in [1.165, 1.54) is 12.1 Å². The Hall–Kier alpha value is -2.73. The molecule has 0 unspecified atom stereocenters. The second-order valence-electron chi connectivity index (χ2n) is 6.01. The zero-order chi connectivity index (χ0) is 18.1. The topological polar surface area (TPSA) is 73.1 Å². The van der Waals surface area contributed by atoms with E-state index >= 15 is 0 Å². The lowest BCUT2D eigenvalue weighted by Crippen LogP contribution is -2.11. The van der Waals surface area contributed by atoms with E-state index in [0.29, 0.717) is 0 Å². The lowest BCUT2D eigenvalue weighted by Gasteiger charge is -2.10. The molecule has 1 aromatic heterocycles. The summed E-state index contributed by atoms with van der Waals surface area (Å²) in [6.45, 7) is 0. The Morgan fingerprint density at radius 3 is 2.04 bits per heavy atom. The minimum atomic E-state index is -3.71. The van der Waals surface area contributed by atoms with E-state index < -0.39 is 10.0 Å². The van der Waals surface area contributed by atoms with Crippen molar-refractivity contribution in [3.63, 3.8) is 0 Å². The molecule has 0 fully saturated rings. The van der Waals surface area contributed by atoms with E-state index in [1.54, 1.807) is 12.1 Å². The number of halogens is 1. The molecule has 27 heavy (non-hydrogen) atoms. The number of primary sulfonamides is 1. The van der Waals surface area contributed by atoms with E-state index in [4.69, 9.17) is 10.1 Å². The summed E-state index contributed by atoms with van der Waals surface area (Å²) in [4.78, 5) is 4.83. The number of nitrogens with two attached hydrogens (primary N) is 1. The average molecular weight is 397 g/mol. The summed E-state index contributed by atoms with van der Waals surface area (Å²) in [5, 5.41) is 6.25. The van der Waals surface area contributed by atoms with Crippen LogP contribution in [-0.2, 0) is 10.0 Å². The second kappa shape index (κ2) is 7.48. The Morgan fingerprint density at radius 1 is 0.741 bits per heavy atom. The fourth-order valence-corrected chi connectivity index (χ4v) is 3.51. The molecule has 1 heterocycles. The van der Waals surface area contributed by atoms with Crippen molar-refractivity contribution in [1.82, 2.24) is 4.98 Å². The molecule has 0 aliphatic rings. The first-order valence-corrected chi connectivity index (χ1v) is 9.65. The van der Waals surface area contributed by atoms with E-state index in [1.807, 2.05) is 42.5 Å². The van der Waals surface area contributed by atoms with Gasteiger partial charge in [-0.05, 0) is 35.4 Å². The molecule has 0 spiro atoms. The van der Waals surface area contributed by atoms with Gasteiger partial charge < -0.3 is 0 Å². The van der Waals surface area contributed by atoms with Crippen molar-refractivity contribution < 1.29 is 8.42 Å². The molecular weight excluding hydrogens is 380 g/mol. The van der Waals surface area contributed by atoms with Gasteiger partial charge in [0.05, 0.1) is 16.1 Å². The third-order valence-electron chi connectivity index (χ3n) is 4.28. The highest BCUT2D eigenvalue weighted by molar-refractivity contribution is 7.89. The van der Waals surface area contributed by atoms with Gasteiger partial charge in [-0.1, -0.05) is 60.7 Å². The Morgan fingerprint density at radius 2 is 1.37 bits per heavy atom. The first kappa shape index (κ1) is 19.0. The third kappa shape index (κ3) is 3.85. The van der Waals surface area contributed by atoms with Crippen LogP contribution in [0.15, 0.2) is 89.8 Å². The quantitative estimate of drug-likeness (QED) is 0.548. The molecule has 0 aliphatic heterocycles. The number of fused-ring (bicyclic) bond motifs is 1. The first-order valence-electron chi connectivity index (χ1n) is 8.11. The number of hydrogen-bond acceptors (Lipinski definition) is 3. The van der Waals surface area contributed by atoms with Crippen LogP contribution in [0.25, 0.3) is 33.3 Å². The van der Waals surface area contributed by atoms with E-state index in [0.717, 1.165) is 33.3 Å². The SMILES string of the molecule is Cl.NS(=O)(=O)c1ccc(-c2cc(-c3ccccc3)c3ccccc3n2)cc1. The standard InChI is InChI=1S/C21H16N2O2S.ClH/c22-26(24,25)17-12-10-16(11-13-17)21-14-19(15-6-2-1-3-7-15)18-8-4-5-9-20(18)23-21;/h1-14H,(H2,22,24,25);1H. The molecule has 4 aromatic rings. The van der Waals surface area contributed by atoms with Crippen LogP contribution >= 0.6 is 12.4 Å². The molecule has 6 heteroatoms. The van der Waals surface area contributed by atoms with Crippen molar-refractivity contribution in [3.05, 3.63) is 84.9 Å². The first-order chi connectivity index (χ1) is 12.5. The summed E-state index contributed by atoms with van der Waals surface area (Å²) in [5.74, 6) is 0. The summed E-state index contributed by atoms with van der Waals surface area (Å²) in [7, 11) is -3.71. The van der Waals surface area contributed by atoms with Crippen LogP contribution in [-0.4, -0.2) is 13.4 Å². The molecule has 2 N–H and O–H groups in total. The van der Waals surface area contributed by atoms with Gasteiger partial charge in [0.25, 0.3) is 0 Å². The maximum atomic E-state index is 11.5. The molecule has 136 valence electrons. The minimum absolute atomic E-state index is 0. The Labute approximate surface area is 164 Å². The molecule has 0 atom stereocenters. The Kier molecular flexibility index (Phi) is 5.28.